The molecule has 24 nitrogen and oxygen atoms in total. The van der Waals surface area contributed by atoms with Crippen molar-refractivity contribution >= 4 is 59.1 Å². The zero-order chi connectivity index (χ0) is 46.8. The van der Waals surface area contributed by atoms with Crippen molar-refractivity contribution in [3.63, 3.8) is 0 Å². The van der Waals surface area contributed by atoms with E-state index in [9.17, 15) is 62.9 Å². The zero-order valence-electron chi connectivity index (χ0n) is 37.9. The molecule has 0 bridgehead atoms. The van der Waals surface area contributed by atoms with E-state index in [1.807, 2.05) is 18.7 Å². The van der Waals surface area contributed by atoms with Crippen LogP contribution >= 0.6 is 35.2 Å². The number of carbonyl (C=O) groups is 4. The summed E-state index contributed by atoms with van der Waals surface area (Å²) in [5, 5.41) is 40.6. The number of nitrogens with one attached hydrogen (secondary N) is 3. The minimum atomic E-state index is -5.90. The second-order valence-electron chi connectivity index (χ2n) is 15.6. The summed E-state index contributed by atoms with van der Waals surface area (Å²) < 4.78 is 63.8. The molecule has 0 aromatic heterocycles. The molecule has 0 aromatic carbocycles. The number of carbonyl (C=O) groups excluding carboxylic acids is 4. The van der Waals surface area contributed by atoms with Crippen LogP contribution in [0.2, 0.25) is 0 Å². The number of ether oxygens (including phenoxy) is 2. The van der Waals surface area contributed by atoms with Gasteiger partial charge in [0, 0.05) is 36.8 Å². The molecule has 8 N–H and O–H groups in total. The molecule has 3 amide bonds. The van der Waals surface area contributed by atoms with Crippen molar-refractivity contribution in [1.29, 1.82) is 0 Å². The molecule has 0 spiro atoms. The largest absolute Gasteiger partial charge is 1.00 e. The molecule has 0 radical (unpaired) electrons. The Kier molecular flexibility index (Phi) is 34.5. The van der Waals surface area contributed by atoms with Gasteiger partial charge in [-0.05, 0) is 32.1 Å². The van der Waals surface area contributed by atoms with Gasteiger partial charge in [-0.1, -0.05) is 58.3 Å². The van der Waals surface area contributed by atoms with Crippen molar-refractivity contribution in [2.45, 2.75) is 170 Å². The van der Waals surface area contributed by atoms with Crippen molar-refractivity contribution in [3.05, 3.63) is 0 Å². The molecule has 2 heterocycles. The van der Waals surface area contributed by atoms with Crippen molar-refractivity contribution in [1.82, 2.24) is 16.0 Å². The Labute approximate surface area is 454 Å². The maximum Gasteiger partial charge on any atom is 1.00 e. The molecule has 2 aliphatic heterocycles. The van der Waals surface area contributed by atoms with Crippen molar-refractivity contribution in [2.75, 3.05) is 25.5 Å². The van der Waals surface area contributed by atoms with Crippen LogP contribution in [0.25, 0.3) is 0 Å². The van der Waals surface area contributed by atoms with Gasteiger partial charge in [-0.2, -0.15) is 11.8 Å². The van der Waals surface area contributed by atoms with E-state index in [0.29, 0.717) is 43.9 Å². The van der Waals surface area contributed by atoms with E-state index in [1.54, 1.807) is 0 Å². The summed E-state index contributed by atoms with van der Waals surface area (Å²) in [4.78, 5) is 103. The summed E-state index contributed by atoms with van der Waals surface area (Å²) in [7, 11) is -17.5. The third-order valence-corrected chi connectivity index (χ3v) is 13.9. The number of phosphoric ester groups is 3. The fourth-order valence-corrected chi connectivity index (χ4v) is 10.8. The smallest absolute Gasteiger partial charge is 0.756 e. The first-order valence-electron chi connectivity index (χ1n) is 21.0. The molecule has 1 aliphatic carbocycles. The number of hydrogen-bond donors (Lipinski definition) is 8. The van der Waals surface area contributed by atoms with Crippen LogP contribution in [0.1, 0.15) is 110 Å². The molecule has 0 aromatic rings. The molecule has 31 heteroatoms. The van der Waals surface area contributed by atoms with Crippen molar-refractivity contribution < 1.29 is 189 Å². The molecule has 66 heavy (non-hydrogen) atoms. The number of unbranched alkanes of at least 4 members (excludes halogenated alkanes) is 9. The van der Waals surface area contributed by atoms with Crippen LogP contribution in [0.15, 0.2) is 0 Å². The maximum atomic E-state index is 12.9. The molecule has 3 unspecified atom stereocenters. The number of fused-ring (bicyclic) bond motifs is 1. The summed E-state index contributed by atoms with van der Waals surface area (Å²) >= 11 is 1.84. The molecular formula is C35H61N3Na3O21P3S. The SMILES string of the molecule is CCCCCCCC(=O)O[C@@H](COC(=O)CCCCCCCNC(=O)CCCC[C@H]1SC[C@@H]2NC(=O)N[C@@H]21)COP(=O)([O-])O[C@@H]1[C@@H](O)[C@H](OP(=O)([O-])O)[C@@H](OP(=O)([O-])O)[C@H](O)[C@@H]1O.[Na+].[Na+].[Na+]. The third-order valence-electron chi connectivity index (χ3n) is 10.4. The Morgan fingerprint density at radius 3 is 1.89 bits per heavy atom. The van der Waals surface area contributed by atoms with Crippen LogP contribution in [0.3, 0.4) is 0 Å². The first kappa shape index (κ1) is 67.2. The van der Waals surface area contributed by atoms with Gasteiger partial charge in [-0.25, -0.2) is 4.79 Å². The molecule has 3 rings (SSSR count). The average molecular weight is 1050 g/mol. The van der Waals surface area contributed by atoms with Gasteiger partial charge in [0.1, 0.15) is 43.2 Å². The number of thioether (sulfide) groups is 1. The summed E-state index contributed by atoms with van der Waals surface area (Å²) in [6.07, 6.45) is -7.04. The number of rotatable bonds is 31. The zero-order valence-corrected chi connectivity index (χ0v) is 47.4. The number of aliphatic hydroxyl groups is 3. The Bertz CT molecular complexity index is 1620. The summed E-state index contributed by atoms with van der Waals surface area (Å²) in [5.74, 6) is -0.605. The number of hydrogen-bond acceptors (Lipinski definition) is 20. The first-order chi connectivity index (χ1) is 29.6. The van der Waals surface area contributed by atoms with Gasteiger partial charge < -0.3 is 83.3 Å². The van der Waals surface area contributed by atoms with Crippen LogP contribution in [-0.4, -0.2) is 135 Å². The van der Waals surface area contributed by atoms with Gasteiger partial charge in [0.05, 0.1) is 18.7 Å². The topological polar surface area (TPSA) is 381 Å². The van der Waals surface area contributed by atoms with Crippen molar-refractivity contribution in [3.8, 4) is 0 Å². The molecular weight excluding hydrogens is 992 g/mol. The molecule has 3 aliphatic rings. The van der Waals surface area contributed by atoms with E-state index < -0.39 is 91.3 Å². The fraction of sp³-hybridized carbons (Fsp3) is 0.886. The summed E-state index contributed by atoms with van der Waals surface area (Å²) in [5.41, 5.74) is 0. The standard InChI is InChI=1S/C35H64N3O21P3S.3Na/c1-2-3-4-6-10-17-27(41)56-22(20-55-62(52,53)59-32-29(42)30(43)33(57-60(46,47)48)34(31(32)44)58-61(49,50)51)19-54-26(40)16-9-7-5-8-13-18-36-25(39)15-12-11-14-24-28-23(21-63-24)37-35(45)38-28;;;/h22-24,28-34,42-44H,2-21H2,1H3,(H,36,39)(H,52,53)(H2,37,38,45)(H2,46,47,48)(H2,49,50,51);;;/q;3*+1/p-3/t22-,23-,24+,28-,29-,30+,31+,32-,33-,34-;;;/m0.../s1. The van der Waals surface area contributed by atoms with E-state index in [0.717, 1.165) is 63.5 Å². The molecule has 13 atom stereocenters. The van der Waals surface area contributed by atoms with Gasteiger partial charge in [-0.15, -0.1) is 0 Å². The van der Waals surface area contributed by atoms with Gasteiger partial charge in [0.15, 0.2) is 6.10 Å². The predicted octanol–water partition coefficient (Wildman–Crippen LogP) is -9.35. The fourth-order valence-electron chi connectivity index (χ4n) is 7.20. The quantitative estimate of drug-likeness (QED) is 0.0105. The molecule has 2 saturated heterocycles. The van der Waals surface area contributed by atoms with E-state index in [2.05, 4.69) is 29.5 Å². The van der Waals surface area contributed by atoms with Crippen molar-refractivity contribution in [2.24, 2.45) is 0 Å². The first-order valence-corrected chi connectivity index (χ1v) is 26.5. The number of phosphoric acid groups is 3. The minimum absolute atomic E-state index is 0. The minimum Gasteiger partial charge on any atom is -0.756 e. The Morgan fingerprint density at radius 1 is 0.727 bits per heavy atom. The van der Waals surface area contributed by atoms with Crippen LogP contribution in [-0.2, 0) is 55.6 Å². The van der Waals surface area contributed by atoms with E-state index in [4.69, 9.17) is 23.8 Å². The normalized spacial score (nSPS) is 27.7. The second kappa shape index (κ2) is 33.9. The number of aliphatic hydroxyl groups excluding tert-OH is 3. The monoisotopic (exact) mass is 1050 g/mol. The molecule has 3 fully saturated rings. The summed E-state index contributed by atoms with van der Waals surface area (Å²) in [6, 6.07) is 0.195. The van der Waals surface area contributed by atoms with E-state index in [-0.39, 0.29) is 126 Å². The molecule has 366 valence electrons. The Hall–Kier alpha value is 1.24. The van der Waals surface area contributed by atoms with Crippen LogP contribution in [0, 0.1) is 0 Å². The van der Waals surface area contributed by atoms with Gasteiger partial charge in [0.25, 0.3) is 23.5 Å². The number of esters is 2. The Balaban J connectivity index is 0.0000141. The van der Waals surface area contributed by atoms with Gasteiger partial charge in [0.2, 0.25) is 5.91 Å². The predicted molar refractivity (Wildman–Crippen MR) is 215 cm³/mol. The summed E-state index contributed by atoms with van der Waals surface area (Å²) in [6.45, 7) is 0.830. The van der Waals surface area contributed by atoms with Crippen LogP contribution in [0.4, 0.5) is 4.79 Å². The molecule has 1 saturated carbocycles. The van der Waals surface area contributed by atoms with Gasteiger partial charge >= 0.3 is 107 Å². The van der Waals surface area contributed by atoms with Gasteiger partial charge in [-0.3, -0.25) is 28.1 Å². The maximum absolute atomic E-state index is 12.9. The average Bonchev–Trinajstić information content (AvgIpc) is 3.75. The number of urea groups is 1. The third kappa shape index (κ3) is 26.3. The Morgan fingerprint density at radius 2 is 1.27 bits per heavy atom. The van der Waals surface area contributed by atoms with Crippen LogP contribution < -0.4 is 119 Å². The second-order valence-corrected chi connectivity index (χ2v) is 20.5. The van der Waals surface area contributed by atoms with Crippen LogP contribution in [0.5, 0.6) is 0 Å². The number of amides is 3. The van der Waals surface area contributed by atoms with E-state index >= 15 is 0 Å². The van der Waals surface area contributed by atoms with E-state index in [1.165, 1.54) is 0 Å².